The van der Waals surface area contributed by atoms with Crippen molar-refractivity contribution in [3.8, 4) is 0 Å². The molecule has 2 heterocycles. The molecule has 1 N–H and O–H groups in total. The molecule has 94 valence electrons. The third-order valence-electron chi connectivity index (χ3n) is 3.24. The molecular formula is C13H21N3O. The number of hydrogen-bond acceptors (Lipinski definition) is 4. The minimum absolute atomic E-state index is 0.633. The lowest BCUT2D eigenvalue weighted by molar-refractivity contribution is 0.143. The SMILES string of the molecule is CNc1cccc(N2CCCC(COC)C2)n1. The highest BCUT2D eigenvalue weighted by molar-refractivity contribution is 5.47. The topological polar surface area (TPSA) is 37.4 Å². The van der Waals surface area contributed by atoms with E-state index in [1.807, 2.05) is 19.2 Å². The fourth-order valence-corrected chi connectivity index (χ4v) is 2.38. The first-order valence-electron chi connectivity index (χ1n) is 6.22. The van der Waals surface area contributed by atoms with Crippen molar-refractivity contribution in [1.29, 1.82) is 0 Å². The van der Waals surface area contributed by atoms with E-state index < -0.39 is 0 Å². The van der Waals surface area contributed by atoms with Gasteiger partial charge in [0.25, 0.3) is 0 Å². The zero-order valence-corrected chi connectivity index (χ0v) is 10.6. The van der Waals surface area contributed by atoms with E-state index in [4.69, 9.17) is 4.74 Å². The van der Waals surface area contributed by atoms with Crippen molar-refractivity contribution in [3.05, 3.63) is 18.2 Å². The number of piperidine rings is 1. The van der Waals surface area contributed by atoms with E-state index in [1.165, 1.54) is 12.8 Å². The molecule has 0 bridgehead atoms. The van der Waals surface area contributed by atoms with Crippen molar-refractivity contribution < 1.29 is 4.74 Å². The highest BCUT2D eigenvalue weighted by Gasteiger charge is 2.20. The van der Waals surface area contributed by atoms with Gasteiger partial charge in [-0.25, -0.2) is 4.98 Å². The molecule has 0 aliphatic carbocycles. The number of methoxy groups -OCH3 is 1. The van der Waals surface area contributed by atoms with Crippen LogP contribution in [0.5, 0.6) is 0 Å². The molecule has 0 spiro atoms. The van der Waals surface area contributed by atoms with Crippen LogP contribution in [0.2, 0.25) is 0 Å². The van der Waals surface area contributed by atoms with Crippen molar-refractivity contribution >= 4 is 11.6 Å². The Labute approximate surface area is 103 Å². The number of pyridine rings is 1. The van der Waals surface area contributed by atoms with Crippen molar-refractivity contribution in [1.82, 2.24) is 4.98 Å². The number of ether oxygens (including phenoxy) is 1. The van der Waals surface area contributed by atoms with Crippen LogP contribution in [-0.4, -0.2) is 38.8 Å². The maximum Gasteiger partial charge on any atom is 0.130 e. The Kier molecular flexibility index (Phi) is 4.20. The van der Waals surface area contributed by atoms with Gasteiger partial charge in [-0.15, -0.1) is 0 Å². The minimum atomic E-state index is 0.633. The molecule has 2 rings (SSSR count). The molecule has 1 atom stereocenters. The summed E-state index contributed by atoms with van der Waals surface area (Å²) in [5.74, 6) is 2.63. The molecule has 1 aliphatic rings. The molecular weight excluding hydrogens is 214 g/mol. The number of anilines is 2. The van der Waals surface area contributed by atoms with Gasteiger partial charge in [-0.3, -0.25) is 0 Å². The Bertz CT molecular complexity index is 354. The maximum absolute atomic E-state index is 5.25. The number of nitrogens with zero attached hydrogens (tertiary/aromatic N) is 2. The normalized spacial score (nSPS) is 20.4. The quantitative estimate of drug-likeness (QED) is 0.866. The van der Waals surface area contributed by atoms with Gasteiger partial charge >= 0.3 is 0 Å². The van der Waals surface area contributed by atoms with Crippen LogP contribution < -0.4 is 10.2 Å². The molecule has 1 fully saturated rings. The van der Waals surface area contributed by atoms with Crippen LogP contribution >= 0.6 is 0 Å². The number of nitrogens with one attached hydrogen (secondary N) is 1. The summed E-state index contributed by atoms with van der Waals surface area (Å²) in [5.41, 5.74) is 0. The van der Waals surface area contributed by atoms with E-state index in [1.54, 1.807) is 7.11 Å². The molecule has 1 saturated heterocycles. The van der Waals surface area contributed by atoms with Gasteiger partial charge in [0, 0.05) is 27.2 Å². The smallest absolute Gasteiger partial charge is 0.130 e. The van der Waals surface area contributed by atoms with Crippen LogP contribution in [0, 0.1) is 5.92 Å². The number of hydrogen-bond donors (Lipinski definition) is 1. The fraction of sp³-hybridized carbons (Fsp3) is 0.615. The summed E-state index contributed by atoms with van der Waals surface area (Å²) in [5, 5.41) is 3.08. The molecule has 0 saturated carbocycles. The second-order valence-electron chi connectivity index (χ2n) is 4.54. The van der Waals surface area contributed by atoms with E-state index >= 15 is 0 Å². The number of aromatic nitrogens is 1. The van der Waals surface area contributed by atoms with Crippen LogP contribution in [0.3, 0.4) is 0 Å². The third kappa shape index (κ3) is 3.09. The van der Waals surface area contributed by atoms with Gasteiger partial charge in [-0.05, 0) is 30.9 Å². The van der Waals surface area contributed by atoms with E-state index in [-0.39, 0.29) is 0 Å². The second-order valence-corrected chi connectivity index (χ2v) is 4.54. The zero-order chi connectivity index (χ0) is 12.1. The van der Waals surface area contributed by atoms with E-state index in [0.717, 1.165) is 31.3 Å². The van der Waals surface area contributed by atoms with Crippen molar-refractivity contribution in [3.63, 3.8) is 0 Å². The van der Waals surface area contributed by atoms with Gasteiger partial charge in [0.1, 0.15) is 11.6 Å². The number of rotatable bonds is 4. The van der Waals surface area contributed by atoms with Gasteiger partial charge < -0.3 is 15.0 Å². The van der Waals surface area contributed by atoms with Crippen LogP contribution in [0.15, 0.2) is 18.2 Å². The summed E-state index contributed by atoms with van der Waals surface area (Å²) in [6.07, 6.45) is 2.48. The summed E-state index contributed by atoms with van der Waals surface area (Å²) in [6, 6.07) is 6.12. The summed E-state index contributed by atoms with van der Waals surface area (Å²) < 4.78 is 5.25. The molecule has 0 radical (unpaired) electrons. The van der Waals surface area contributed by atoms with Gasteiger partial charge in [0.15, 0.2) is 0 Å². The predicted octanol–water partition coefficient (Wildman–Crippen LogP) is 1.99. The van der Waals surface area contributed by atoms with Crippen molar-refractivity contribution in [2.24, 2.45) is 5.92 Å². The Hall–Kier alpha value is -1.29. The average molecular weight is 235 g/mol. The van der Waals surface area contributed by atoms with Gasteiger partial charge in [-0.2, -0.15) is 0 Å². The molecule has 4 heteroatoms. The Morgan fingerprint density at radius 2 is 2.41 bits per heavy atom. The highest BCUT2D eigenvalue weighted by atomic mass is 16.5. The van der Waals surface area contributed by atoms with Gasteiger partial charge in [0.2, 0.25) is 0 Å². The second kappa shape index (κ2) is 5.87. The molecule has 1 aromatic rings. The first-order chi connectivity index (χ1) is 8.33. The maximum atomic E-state index is 5.25. The molecule has 1 unspecified atom stereocenters. The first kappa shape index (κ1) is 12.2. The first-order valence-corrected chi connectivity index (χ1v) is 6.22. The Balaban J connectivity index is 2.05. The molecule has 1 aliphatic heterocycles. The highest BCUT2D eigenvalue weighted by Crippen LogP contribution is 2.22. The Morgan fingerprint density at radius 3 is 3.18 bits per heavy atom. The van der Waals surface area contributed by atoms with E-state index in [9.17, 15) is 0 Å². The lowest BCUT2D eigenvalue weighted by atomic mass is 9.99. The fourth-order valence-electron chi connectivity index (χ4n) is 2.38. The van der Waals surface area contributed by atoms with Crippen LogP contribution in [0.4, 0.5) is 11.6 Å². The molecule has 4 nitrogen and oxygen atoms in total. The monoisotopic (exact) mass is 235 g/mol. The van der Waals surface area contributed by atoms with Gasteiger partial charge in [-0.1, -0.05) is 6.07 Å². The van der Waals surface area contributed by atoms with Gasteiger partial charge in [0.05, 0.1) is 6.61 Å². The Morgan fingerprint density at radius 1 is 1.53 bits per heavy atom. The predicted molar refractivity (Wildman–Crippen MR) is 70.6 cm³/mol. The lowest BCUT2D eigenvalue weighted by Crippen LogP contribution is -2.37. The summed E-state index contributed by atoms with van der Waals surface area (Å²) in [7, 11) is 3.68. The van der Waals surface area contributed by atoms with E-state index in [0.29, 0.717) is 5.92 Å². The standard InChI is InChI=1S/C13H21N3O/c1-14-12-6-3-7-13(15-12)16-8-4-5-11(9-16)10-17-2/h3,6-7,11H,4-5,8-10H2,1-2H3,(H,14,15). The molecule has 17 heavy (non-hydrogen) atoms. The zero-order valence-electron chi connectivity index (χ0n) is 10.6. The summed E-state index contributed by atoms with van der Waals surface area (Å²) >= 11 is 0. The summed E-state index contributed by atoms with van der Waals surface area (Å²) in [6.45, 7) is 3.00. The van der Waals surface area contributed by atoms with Crippen molar-refractivity contribution in [2.45, 2.75) is 12.8 Å². The molecule has 0 amide bonds. The molecule has 1 aromatic heterocycles. The van der Waals surface area contributed by atoms with Crippen LogP contribution in [-0.2, 0) is 4.74 Å². The third-order valence-corrected chi connectivity index (χ3v) is 3.24. The average Bonchev–Trinajstić information content (AvgIpc) is 2.40. The minimum Gasteiger partial charge on any atom is -0.384 e. The van der Waals surface area contributed by atoms with Crippen LogP contribution in [0.1, 0.15) is 12.8 Å². The summed E-state index contributed by atoms with van der Waals surface area (Å²) in [4.78, 5) is 6.94. The van der Waals surface area contributed by atoms with E-state index in [2.05, 4.69) is 21.3 Å². The van der Waals surface area contributed by atoms with Crippen LogP contribution in [0.25, 0.3) is 0 Å². The largest absolute Gasteiger partial charge is 0.384 e. The lowest BCUT2D eigenvalue weighted by Gasteiger charge is -2.33. The molecule has 0 aromatic carbocycles. The van der Waals surface area contributed by atoms with Crippen molar-refractivity contribution in [2.75, 3.05) is 44.1 Å².